The van der Waals surface area contributed by atoms with E-state index in [1.54, 1.807) is 0 Å². The zero-order chi connectivity index (χ0) is 10.7. The van der Waals surface area contributed by atoms with E-state index in [9.17, 15) is 0 Å². The molecule has 1 aromatic heterocycles. The van der Waals surface area contributed by atoms with Gasteiger partial charge < -0.3 is 5.32 Å². The van der Waals surface area contributed by atoms with Crippen LogP contribution in [0.2, 0.25) is 0 Å². The number of hydrogen-bond donors (Lipinski definition) is 1. The van der Waals surface area contributed by atoms with Gasteiger partial charge in [0, 0.05) is 10.9 Å². The predicted molar refractivity (Wildman–Crippen MR) is 70.5 cm³/mol. The molecule has 0 aliphatic heterocycles. The van der Waals surface area contributed by atoms with Crippen LogP contribution in [0.5, 0.6) is 0 Å². The molecule has 0 radical (unpaired) electrons. The van der Waals surface area contributed by atoms with E-state index in [4.69, 9.17) is 0 Å². The van der Waals surface area contributed by atoms with Gasteiger partial charge >= 0.3 is 0 Å². The molecule has 2 unspecified atom stereocenters. The van der Waals surface area contributed by atoms with Crippen LogP contribution in [0.3, 0.4) is 0 Å². The van der Waals surface area contributed by atoms with Gasteiger partial charge in [0.25, 0.3) is 0 Å². The Labute approximate surface area is 104 Å². The van der Waals surface area contributed by atoms with Gasteiger partial charge in [0.2, 0.25) is 0 Å². The van der Waals surface area contributed by atoms with Gasteiger partial charge in [-0.3, -0.25) is 0 Å². The number of nitrogens with one attached hydrogen (secondary N) is 1. The molecule has 2 rings (SSSR count). The normalized spacial score (nSPS) is 26.8. The second kappa shape index (κ2) is 5.46. The lowest BCUT2D eigenvalue weighted by atomic mass is 9.82. The average Bonchev–Trinajstić information content (AvgIpc) is 2.65. The zero-order valence-corrected chi connectivity index (χ0v) is 11.5. The highest BCUT2D eigenvalue weighted by molar-refractivity contribution is 9.11. The third kappa shape index (κ3) is 3.05. The third-order valence-corrected chi connectivity index (χ3v) is 5.02. The number of rotatable bonds is 3. The molecule has 3 heteroatoms. The summed E-state index contributed by atoms with van der Waals surface area (Å²) in [7, 11) is 2.10. The van der Waals surface area contributed by atoms with Crippen molar-refractivity contribution in [1.29, 1.82) is 0 Å². The summed E-state index contributed by atoms with van der Waals surface area (Å²) in [4.78, 5) is 1.52. The molecule has 1 aliphatic carbocycles. The fourth-order valence-electron chi connectivity index (χ4n) is 2.55. The average molecular weight is 288 g/mol. The molecule has 0 spiro atoms. The molecule has 1 heterocycles. The summed E-state index contributed by atoms with van der Waals surface area (Å²) in [6, 6.07) is 5.16. The maximum absolute atomic E-state index is 3.53. The molecule has 1 N–H and O–H groups in total. The Morgan fingerprint density at radius 3 is 2.87 bits per heavy atom. The van der Waals surface area contributed by atoms with Crippen LogP contribution in [0, 0.1) is 5.92 Å². The summed E-state index contributed by atoms with van der Waals surface area (Å²) >= 11 is 5.41. The molecule has 84 valence electrons. The molecule has 0 saturated heterocycles. The number of halogens is 1. The van der Waals surface area contributed by atoms with Crippen molar-refractivity contribution in [3.05, 3.63) is 20.8 Å². The Bertz CT molecular complexity index is 310. The summed E-state index contributed by atoms with van der Waals surface area (Å²) in [5.41, 5.74) is 0. The van der Waals surface area contributed by atoms with Crippen LogP contribution in [0.25, 0.3) is 0 Å². The van der Waals surface area contributed by atoms with Gasteiger partial charge in [-0.25, -0.2) is 0 Å². The Hall–Kier alpha value is 0.140. The van der Waals surface area contributed by atoms with Crippen molar-refractivity contribution in [2.75, 3.05) is 7.05 Å². The summed E-state index contributed by atoms with van der Waals surface area (Å²) in [6.07, 6.45) is 6.81. The maximum Gasteiger partial charge on any atom is 0.0701 e. The van der Waals surface area contributed by atoms with Crippen LogP contribution in [0.4, 0.5) is 0 Å². The first kappa shape index (κ1) is 11.6. The monoisotopic (exact) mass is 287 g/mol. The van der Waals surface area contributed by atoms with Crippen molar-refractivity contribution in [2.24, 2.45) is 5.92 Å². The summed E-state index contributed by atoms with van der Waals surface area (Å²) in [5.74, 6) is 0.842. The van der Waals surface area contributed by atoms with Crippen LogP contribution < -0.4 is 5.32 Å². The molecule has 1 saturated carbocycles. The molecule has 1 fully saturated rings. The van der Waals surface area contributed by atoms with E-state index in [2.05, 4.69) is 40.4 Å². The minimum absolute atomic E-state index is 0.736. The van der Waals surface area contributed by atoms with Crippen LogP contribution in [0.15, 0.2) is 15.9 Å². The predicted octanol–water partition coefficient (Wildman–Crippen LogP) is 3.83. The number of thiophene rings is 1. The highest BCUT2D eigenvalue weighted by Crippen LogP contribution is 2.31. The second-order valence-corrected chi connectivity index (χ2v) is 6.90. The Morgan fingerprint density at radius 2 is 2.20 bits per heavy atom. The van der Waals surface area contributed by atoms with E-state index in [0.717, 1.165) is 12.0 Å². The van der Waals surface area contributed by atoms with E-state index >= 15 is 0 Å². The lowest BCUT2D eigenvalue weighted by Gasteiger charge is -2.31. The number of hydrogen-bond acceptors (Lipinski definition) is 2. The van der Waals surface area contributed by atoms with E-state index < -0.39 is 0 Å². The molecule has 15 heavy (non-hydrogen) atoms. The van der Waals surface area contributed by atoms with Crippen LogP contribution in [0.1, 0.15) is 30.6 Å². The molecular weight excluding hydrogens is 270 g/mol. The minimum Gasteiger partial charge on any atom is -0.317 e. The van der Waals surface area contributed by atoms with Gasteiger partial charge in [-0.1, -0.05) is 12.8 Å². The SMILES string of the molecule is CNC1CCCCC1Cc1ccc(Br)s1. The minimum atomic E-state index is 0.736. The highest BCUT2D eigenvalue weighted by atomic mass is 79.9. The first-order chi connectivity index (χ1) is 7.29. The Balaban J connectivity index is 1.97. The molecular formula is C12H18BrNS. The quantitative estimate of drug-likeness (QED) is 0.891. The molecule has 0 amide bonds. The fraction of sp³-hybridized carbons (Fsp3) is 0.667. The molecule has 0 aromatic carbocycles. The van der Waals surface area contributed by atoms with Gasteiger partial charge in [0.1, 0.15) is 0 Å². The van der Waals surface area contributed by atoms with Crippen molar-refractivity contribution in [3.8, 4) is 0 Å². The lowest BCUT2D eigenvalue weighted by Crippen LogP contribution is -2.37. The fourth-order valence-corrected chi connectivity index (χ4v) is 4.13. The third-order valence-electron chi connectivity index (χ3n) is 3.37. The molecule has 1 aromatic rings. The maximum atomic E-state index is 3.53. The van der Waals surface area contributed by atoms with Gasteiger partial charge in [-0.15, -0.1) is 11.3 Å². The first-order valence-corrected chi connectivity index (χ1v) is 7.32. The van der Waals surface area contributed by atoms with E-state index in [1.165, 1.54) is 40.8 Å². The van der Waals surface area contributed by atoms with E-state index in [0.29, 0.717) is 0 Å². The van der Waals surface area contributed by atoms with Crippen molar-refractivity contribution < 1.29 is 0 Å². The van der Waals surface area contributed by atoms with Crippen molar-refractivity contribution in [2.45, 2.75) is 38.1 Å². The second-order valence-electron chi connectivity index (χ2n) is 4.35. The van der Waals surface area contributed by atoms with Crippen LogP contribution in [-0.2, 0) is 6.42 Å². The summed E-state index contributed by atoms with van der Waals surface area (Å²) in [6.45, 7) is 0. The van der Waals surface area contributed by atoms with Gasteiger partial charge in [-0.05, 0) is 60.3 Å². The summed E-state index contributed by atoms with van der Waals surface area (Å²) < 4.78 is 1.26. The molecule has 2 atom stereocenters. The topological polar surface area (TPSA) is 12.0 Å². The van der Waals surface area contributed by atoms with Crippen LogP contribution >= 0.6 is 27.3 Å². The molecule has 1 nitrogen and oxygen atoms in total. The zero-order valence-electron chi connectivity index (χ0n) is 9.13. The summed E-state index contributed by atoms with van der Waals surface area (Å²) in [5, 5.41) is 3.47. The Morgan fingerprint density at radius 1 is 1.40 bits per heavy atom. The Kier molecular flexibility index (Phi) is 4.23. The smallest absolute Gasteiger partial charge is 0.0701 e. The lowest BCUT2D eigenvalue weighted by molar-refractivity contribution is 0.274. The van der Waals surface area contributed by atoms with Crippen molar-refractivity contribution in [1.82, 2.24) is 5.32 Å². The van der Waals surface area contributed by atoms with Crippen molar-refractivity contribution >= 4 is 27.3 Å². The molecule has 1 aliphatic rings. The molecule has 0 bridgehead atoms. The van der Waals surface area contributed by atoms with Gasteiger partial charge in [0.15, 0.2) is 0 Å². The van der Waals surface area contributed by atoms with E-state index in [1.807, 2.05) is 11.3 Å². The standard InChI is InChI=1S/C12H18BrNS/c1-14-11-5-3-2-4-9(11)8-10-6-7-12(13)15-10/h6-7,9,11,14H,2-5,8H2,1H3. The first-order valence-electron chi connectivity index (χ1n) is 5.71. The van der Waals surface area contributed by atoms with Crippen LogP contribution in [-0.4, -0.2) is 13.1 Å². The highest BCUT2D eigenvalue weighted by Gasteiger charge is 2.24. The van der Waals surface area contributed by atoms with Gasteiger partial charge in [-0.2, -0.15) is 0 Å². The van der Waals surface area contributed by atoms with E-state index in [-0.39, 0.29) is 0 Å². The van der Waals surface area contributed by atoms with Crippen molar-refractivity contribution in [3.63, 3.8) is 0 Å². The van der Waals surface area contributed by atoms with Gasteiger partial charge in [0.05, 0.1) is 3.79 Å². The largest absolute Gasteiger partial charge is 0.317 e.